The van der Waals surface area contributed by atoms with Gasteiger partial charge in [0.25, 0.3) is 0 Å². The minimum absolute atomic E-state index is 0.290. The molecule has 2 aromatic heterocycles. The Morgan fingerprint density at radius 1 is 1.00 bits per heavy atom. The fourth-order valence-electron chi connectivity index (χ4n) is 4.11. The van der Waals surface area contributed by atoms with Gasteiger partial charge in [-0.15, -0.1) is 0 Å². The highest BCUT2D eigenvalue weighted by atomic mass is 16.4. The summed E-state index contributed by atoms with van der Waals surface area (Å²) in [5.41, 5.74) is 2.22. The molecule has 1 aliphatic heterocycles. The van der Waals surface area contributed by atoms with Crippen LogP contribution in [-0.2, 0) is 6.54 Å². The van der Waals surface area contributed by atoms with E-state index in [0.29, 0.717) is 11.3 Å². The molecule has 0 spiro atoms. The maximum Gasteiger partial charge on any atom is 0.359 e. The molecule has 29 heavy (non-hydrogen) atoms. The molecule has 4 aromatic rings. The van der Waals surface area contributed by atoms with Crippen molar-refractivity contribution in [3.05, 3.63) is 83.0 Å². The predicted molar refractivity (Wildman–Crippen MR) is 116 cm³/mol. The van der Waals surface area contributed by atoms with Crippen molar-refractivity contribution in [2.45, 2.75) is 25.4 Å². The molecule has 1 aliphatic rings. The molecule has 5 nitrogen and oxygen atoms in total. The Kier molecular flexibility index (Phi) is 4.74. The zero-order valence-electron chi connectivity index (χ0n) is 16.2. The molecule has 0 bridgehead atoms. The number of likely N-dealkylation sites (tertiary alicyclic amines) is 1. The van der Waals surface area contributed by atoms with Gasteiger partial charge >= 0.3 is 5.63 Å². The molecule has 0 amide bonds. The van der Waals surface area contributed by atoms with Crippen molar-refractivity contribution in [2.75, 3.05) is 18.4 Å². The predicted octanol–water partition coefficient (Wildman–Crippen LogP) is 4.42. The number of hydrogen-bond acceptors (Lipinski definition) is 5. The van der Waals surface area contributed by atoms with Crippen LogP contribution < -0.4 is 10.9 Å². The Morgan fingerprint density at radius 2 is 1.86 bits per heavy atom. The van der Waals surface area contributed by atoms with Gasteiger partial charge in [0, 0.05) is 48.8 Å². The molecule has 0 atom stereocenters. The lowest BCUT2D eigenvalue weighted by molar-refractivity contribution is 0.211. The number of benzene rings is 2. The highest BCUT2D eigenvalue weighted by Crippen LogP contribution is 2.21. The van der Waals surface area contributed by atoms with Crippen molar-refractivity contribution in [3.63, 3.8) is 0 Å². The second-order valence-electron chi connectivity index (χ2n) is 7.74. The van der Waals surface area contributed by atoms with Gasteiger partial charge in [0.15, 0.2) is 0 Å². The number of aromatic nitrogens is 1. The number of piperidine rings is 1. The lowest BCUT2D eigenvalue weighted by Gasteiger charge is -2.32. The Labute approximate surface area is 169 Å². The average molecular weight is 385 g/mol. The number of pyridine rings is 1. The summed E-state index contributed by atoms with van der Waals surface area (Å²) in [6.07, 6.45) is 5.75. The highest BCUT2D eigenvalue weighted by Gasteiger charge is 2.20. The summed E-state index contributed by atoms with van der Waals surface area (Å²) < 4.78 is 5.44. The number of nitrogens with one attached hydrogen (secondary N) is 1. The van der Waals surface area contributed by atoms with Gasteiger partial charge in [-0.2, -0.15) is 0 Å². The Balaban J connectivity index is 1.22. The summed E-state index contributed by atoms with van der Waals surface area (Å²) >= 11 is 0. The van der Waals surface area contributed by atoms with Crippen LogP contribution >= 0.6 is 0 Å². The lowest BCUT2D eigenvalue weighted by atomic mass is 10.0. The molecular formula is C24H23N3O2. The van der Waals surface area contributed by atoms with E-state index in [1.165, 1.54) is 16.3 Å². The standard InChI is InChI=1S/C24H23N3O2/c28-24-22(14-19-3-1-2-4-23(19)29-24)26-21-8-11-27(12-9-21)16-17-5-6-20-15-25-10-7-18(20)13-17/h1-7,10,13-15,21,26H,8-9,11-12,16H2. The van der Waals surface area contributed by atoms with Crippen LogP contribution in [0.4, 0.5) is 5.69 Å². The summed E-state index contributed by atoms with van der Waals surface area (Å²) in [6.45, 7) is 2.96. The summed E-state index contributed by atoms with van der Waals surface area (Å²) in [6, 6.07) is 18.4. The van der Waals surface area contributed by atoms with Crippen LogP contribution in [0.5, 0.6) is 0 Å². The normalized spacial score (nSPS) is 15.7. The molecule has 5 rings (SSSR count). The average Bonchev–Trinajstić information content (AvgIpc) is 2.75. The molecule has 1 saturated heterocycles. The van der Waals surface area contributed by atoms with Crippen LogP contribution in [-0.4, -0.2) is 29.0 Å². The van der Waals surface area contributed by atoms with Crippen molar-refractivity contribution in [3.8, 4) is 0 Å². The van der Waals surface area contributed by atoms with Crippen molar-refractivity contribution in [2.24, 2.45) is 0 Å². The zero-order valence-corrected chi connectivity index (χ0v) is 16.2. The molecule has 5 heteroatoms. The van der Waals surface area contributed by atoms with E-state index in [-0.39, 0.29) is 11.7 Å². The van der Waals surface area contributed by atoms with Crippen molar-refractivity contribution in [1.29, 1.82) is 0 Å². The van der Waals surface area contributed by atoms with Gasteiger partial charge in [0.05, 0.1) is 0 Å². The van der Waals surface area contributed by atoms with Gasteiger partial charge in [0.1, 0.15) is 11.3 Å². The van der Waals surface area contributed by atoms with E-state index in [0.717, 1.165) is 37.9 Å². The summed E-state index contributed by atoms with van der Waals surface area (Å²) in [5, 5.41) is 6.76. The van der Waals surface area contributed by atoms with E-state index < -0.39 is 0 Å². The van der Waals surface area contributed by atoms with E-state index in [1.54, 1.807) is 0 Å². The first-order valence-corrected chi connectivity index (χ1v) is 10.1. The monoisotopic (exact) mass is 385 g/mol. The van der Waals surface area contributed by atoms with E-state index in [1.807, 2.05) is 42.7 Å². The van der Waals surface area contributed by atoms with Crippen LogP contribution in [0.1, 0.15) is 18.4 Å². The van der Waals surface area contributed by atoms with E-state index >= 15 is 0 Å². The van der Waals surface area contributed by atoms with Crippen molar-refractivity contribution < 1.29 is 4.42 Å². The minimum atomic E-state index is -0.295. The molecular weight excluding hydrogens is 362 g/mol. The zero-order chi connectivity index (χ0) is 19.6. The van der Waals surface area contributed by atoms with Gasteiger partial charge < -0.3 is 9.73 Å². The summed E-state index contributed by atoms with van der Waals surface area (Å²) in [7, 11) is 0. The number of fused-ring (bicyclic) bond motifs is 2. The lowest BCUT2D eigenvalue weighted by Crippen LogP contribution is -2.39. The van der Waals surface area contributed by atoms with Crippen LogP contribution in [0.2, 0.25) is 0 Å². The Morgan fingerprint density at radius 3 is 2.76 bits per heavy atom. The molecule has 3 heterocycles. The Bertz CT molecular complexity index is 1210. The fraction of sp³-hybridized carbons (Fsp3) is 0.250. The van der Waals surface area contributed by atoms with Gasteiger partial charge in [0.2, 0.25) is 0 Å². The largest absolute Gasteiger partial charge is 0.421 e. The topological polar surface area (TPSA) is 58.4 Å². The third-order valence-electron chi connectivity index (χ3n) is 5.70. The van der Waals surface area contributed by atoms with Gasteiger partial charge in [-0.3, -0.25) is 9.88 Å². The molecule has 1 fully saturated rings. The molecule has 0 saturated carbocycles. The van der Waals surface area contributed by atoms with E-state index in [2.05, 4.69) is 39.5 Å². The number of para-hydroxylation sites is 1. The first-order chi connectivity index (χ1) is 14.2. The molecule has 146 valence electrons. The quantitative estimate of drug-likeness (QED) is 0.527. The molecule has 1 N–H and O–H groups in total. The number of nitrogens with zero attached hydrogens (tertiary/aromatic N) is 2. The van der Waals surface area contributed by atoms with Crippen molar-refractivity contribution >= 4 is 27.4 Å². The number of hydrogen-bond donors (Lipinski definition) is 1. The van der Waals surface area contributed by atoms with Crippen LogP contribution in [0.25, 0.3) is 21.7 Å². The van der Waals surface area contributed by atoms with E-state index in [4.69, 9.17) is 4.42 Å². The third-order valence-corrected chi connectivity index (χ3v) is 5.70. The Hall–Kier alpha value is -3.18. The molecule has 0 aliphatic carbocycles. The van der Waals surface area contributed by atoms with Gasteiger partial charge in [-0.1, -0.05) is 30.3 Å². The van der Waals surface area contributed by atoms with Gasteiger partial charge in [-0.05, 0) is 48.1 Å². The summed E-state index contributed by atoms with van der Waals surface area (Å²) in [4.78, 5) is 18.9. The van der Waals surface area contributed by atoms with Gasteiger partial charge in [-0.25, -0.2) is 4.79 Å². The van der Waals surface area contributed by atoms with Crippen LogP contribution in [0.3, 0.4) is 0 Å². The second-order valence-corrected chi connectivity index (χ2v) is 7.74. The maximum atomic E-state index is 12.3. The van der Waals surface area contributed by atoms with E-state index in [9.17, 15) is 4.79 Å². The van der Waals surface area contributed by atoms with Crippen molar-refractivity contribution in [1.82, 2.24) is 9.88 Å². The summed E-state index contributed by atoms with van der Waals surface area (Å²) in [5.74, 6) is 0. The maximum absolute atomic E-state index is 12.3. The SMILES string of the molecule is O=c1oc2ccccc2cc1NC1CCN(Cc2ccc3cnccc3c2)CC1. The highest BCUT2D eigenvalue weighted by molar-refractivity contribution is 5.82. The molecule has 0 radical (unpaired) electrons. The number of anilines is 1. The molecule has 2 aromatic carbocycles. The minimum Gasteiger partial charge on any atom is -0.421 e. The third kappa shape index (κ3) is 3.87. The number of rotatable bonds is 4. The smallest absolute Gasteiger partial charge is 0.359 e. The van der Waals surface area contributed by atoms with Crippen LogP contribution in [0.15, 0.2) is 76.2 Å². The first-order valence-electron chi connectivity index (χ1n) is 10.1. The first kappa shape index (κ1) is 17.9. The fourth-order valence-corrected chi connectivity index (χ4v) is 4.11. The second kappa shape index (κ2) is 7.68. The molecule has 0 unspecified atom stereocenters. The van der Waals surface area contributed by atoms with Crippen LogP contribution in [0, 0.1) is 0 Å².